The minimum absolute atomic E-state index is 0.0522. The second-order valence-electron chi connectivity index (χ2n) is 6.35. The molecule has 0 fully saturated rings. The van der Waals surface area contributed by atoms with Crippen molar-refractivity contribution in [3.8, 4) is 0 Å². The number of hydrogen-bond acceptors (Lipinski definition) is 2. The fourth-order valence-electron chi connectivity index (χ4n) is 2.79. The second-order valence-corrected chi connectivity index (χ2v) is 6.35. The van der Waals surface area contributed by atoms with Crippen molar-refractivity contribution in [2.45, 2.75) is 26.2 Å². The number of hydrogen-bond donors (Lipinski definition) is 1. The second kappa shape index (κ2) is 7.30. The van der Waals surface area contributed by atoms with Gasteiger partial charge < -0.3 is 10.2 Å². The Hall–Kier alpha value is -2.62. The normalized spacial score (nSPS) is 14.5. The largest absolute Gasteiger partial charge is 0.322 e. The highest BCUT2D eigenvalue weighted by molar-refractivity contribution is 5.90. The highest BCUT2D eigenvalue weighted by atomic mass is 16.2. The molecule has 1 N–H and O–H groups in total. The highest BCUT2D eigenvalue weighted by Crippen LogP contribution is 2.21. The van der Waals surface area contributed by atoms with Gasteiger partial charge in [-0.05, 0) is 47.7 Å². The average Bonchev–Trinajstić information content (AvgIpc) is 2.63. The number of carbonyl (C=O) groups is 1. The summed E-state index contributed by atoms with van der Waals surface area (Å²) in [6.45, 7) is 5.64. The molecule has 4 heteroatoms. The van der Waals surface area contributed by atoms with Crippen molar-refractivity contribution < 1.29 is 4.79 Å². The average molecular weight is 321 g/mol. The van der Waals surface area contributed by atoms with Crippen LogP contribution < -0.4 is 5.32 Å². The van der Waals surface area contributed by atoms with Gasteiger partial charge in [0.05, 0.1) is 5.69 Å². The first kappa shape index (κ1) is 16.2. The molecular formula is C20H23N3O. The Morgan fingerprint density at radius 1 is 1.17 bits per heavy atom. The molecule has 2 amide bonds. The molecule has 2 heterocycles. The zero-order valence-electron chi connectivity index (χ0n) is 14.2. The molecule has 0 aliphatic carbocycles. The predicted molar refractivity (Wildman–Crippen MR) is 98.0 cm³/mol. The van der Waals surface area contributed by atoms with E-state index >= 15 is 0 Å². The Kier molecular flexibility index (Phi) is 4.94. The van der Waals surface area contributed by atoms with Gasteiger partial charge in [0.1, 0.15) is 0 Å². The quantitative estimate of drug-likeness (QED) is 0.903. The number of aromatic nitrogens is 1. The van der Waals surface area contributed by atoms with Crippen molar-refractivity contribution in [1.82, 2.24) is 9.88 Å². The van der Waals surface area contributed by atoms with E-state index in [1.54, 1.807) is 6.20 Å². The summed E-state index contributed by atoms with van der Waals surface area (Å²) in [6.07, 6.45) is 4.72. The van der Waals surface area contributed by atoms with E-state index in [4.69, 9.17) is 0 Å². The summed E-state index contributed by atoms with van der Waals surface area (Å²) in [4.78, 5) is 18.6. The number of nitrogens with one attached hydrogen (secondary N) is 1. The zero-order valence-corrected chi connectivity index (χ0v) is 14.2. The lowest BCUT2D eigenvalue weighted by Crippen LogP contribution is -2.37. The predicted octanol–water partition coefficient (Wildman–Crippen LogP) is 4.53. The van der Waals surface area contributed by atoms with Crippen LogP contribution in [0, 0.1) is 0 Å². The van der Waals surface area contributed by atoms with Gasteiger partial charge in [0.25, 0.3) is 0 Å². The number of nitrogens with zero attached hydrogens (tertiary/aromatic N) is 2. The van der Waals surface area contributed by atoms with Gasteiger partial charge in [0.15, 0.2) is 0 Å². The summed E-state index contributed by atoms with van der Waals surface area (Å²) in [5, 5.41) is 2.97. The zero-order chi connectivity index (χ0) is 16.9. The topological polar surface area (TPSA) is 45.2 Å². The standard InChI is InChI=1S/C20H23N3O/c1-15(2)16-6-8-18(9-7-16)22-20(24)23-13-10-17(11-14-23)19-5-3-4-12-21-19/h3-10,12,15H,11,13-14H2,1-2H3,(H,22,24). The van der Waals surface area contributed by atoms with E-state index in [0.717, 1.165) is 17.8 Å². The molecule has 0 unspecified atom stereocenters. The van der Waals surface area contributed by atoms with E-state index < -0.39 is 0 Å². The van der Waals surface area contributed by atoms with Crippen molar-refractivity contribution in [2.24, 2.45) is 0 Å². The van der Waals surface area contributed by atoms with Crippen LogP contribution in [-0.2, 0) is 0 Å². The molecule has 0 saturated heterocycles. The van der Waals surface area contributed by atoms with E-state index in [0.29, 0.717) is 19.0 Å². The Labute approximate surface area is 143 Å². The van der Waals surface area contributed by atoms with Crippen LogP contribution in [0.15, 0.2) is 54.7 Å². The monoisotopic (exact) mass is 321 g/mol. The van der Waals surface area contributed by atoms with Gasteiger partial charge in [-0.15, -0.1) is 0 Å². The minimum Gasteiger partial charge on any atom is -0.320 e. The third-order valence-corrected chi connectivity index (χ3v) is 4.32. The Morgan fingerprint density at radius 3 is 2.54 bits per heavy atom. The maximum absolute atomic E-state index is 12.4. The van der Waals surface area contributed by atoms with Crippen LogP contribution in [0.4, 0.5) is 10.5 Å². The van der Waals surface area contributed by atoms with E-state index in [-0.39, 0.29) is 6.03 Å². The van der Waals surface area contributed by atoms with Gasteiger partial charge >= 0.3 is 6.03 Å². The van der Waals surface area contributed by atoms with Crippen LogP contribution in [0.1, 0.15) is 37.4 Å². The first-order valence-electron chi connectivity index (χ1n) is 8.40. The maximum Gasteiger partial charge on any atom is 0.322 e. The van der Waals surface area contributed by atoms with Gasteiger partial charge in [-0.2, -0.15) is 0 Å². The number of amides is 2. The van der Waals surface area contributed by atoms with E-state index in [9.17, 15) is 4.79 Å². The van der Waals surface area contributed by atoms with Crippen molar-refractivity contribution in [2.75, 3.05) is 18.4 Å². The van der Waals surface area contributed by atoms with E-state index in [1.165, 1.54) is 11.1 Å². The fraction of sp³-hybridized carbons (Fsp3) is 0.300. The van der Waals surface area contributed by atoms with Gasteiger partial charge in [0.2, 0.25) is 0 Å². The van der Waals surface area contributed by atoms with Crippen LogP contribution in [0.25, 0.3) is 5.57 Å². The summed E-state index contributed by atoms with van der Waals surface area (Å²) >= 11 is 0. The van der Waals surface area contributed by atoms with Gasteiger partial charge in [-0.3, -0.25) is 4.98 Å². The van der Waals surface area contributed by atoms with Crippen LogP contribution >= 0.6 is 0 Å². The Morgan fingerprint density at radius 2 is 1.96 bits per heavy atom. The molecule has 3 rings (SSSR count). The molecule has 24 heavy (non-hydrogen) atoms. The Bertz CT molecular complexity index is 720. The molecule has 0 saturated carbocycles. The molecule has 0 radical (unpaired) electrons. The van der Waals surface area contributed by atoms with Crippen molar-refractivity contribution in [1.29, 1.82) is 0 Å². The number of pyridine rings is 1. The van der Waals surface area contributed by atoms with Gasteiger partial charge in [-0.25, -0.2) is 4.79 Å². The summed E-state index contributed by atoms with van der Waals surface area (Å²) < 4.78 is 0. The molecule has 1 aromatic carbocycles. The molecular weight excluding hydrogens is 298 g/mol. The van der Waals surface area contributed by atoms with Crippen molar-refractivity contribution in [3.63, 3.8) is 0 Å². The number of urea groups is 1. The molecule has 1 aromatic heterocycles. The maximum atomic E-state index is 12.4. The van der Waals surface area contributed by atoms with E-state index in [1.807, 2.05) is 35.2 Å². The first-order chi connectivity index (χ1) is 11.6. The smallest absolute Gasteiger partial charge is 0.320 e. The summed E-state index contributed by atoms with van der Waals surface area (Å²) in [7, 11) is 0. The molecule has 0 spiro atoms. The number of benzene rings is 1. The molecule has 1 aliphatic rings. The number of rotatable bonds is 3. The van der Waals surface area contributed by atoms with E-state index in [2.05, 4.69) is 42.4 Å². The fourth-order valence-corrected chi connectivity index (χ4v) is 2.79. The SMILES string of the molecule is CC(C)c1ccc(NC(=O)N2CC=C(c3ccccn3)CC2)cc1. The van der Waals surface area contributed by atoms with Crippen LogP contribution in [0.5, 0.6) is 0 Å². The molecule has 0 bridgehead atoms. The molecule has 1 aliphatic heterocycles. The lowest BCUT2D eigenvalue weighted by Gasteiger charge is -2.26. The Balaban J connectivity index is 1.60. The first-order valence-corrected chi connectivity index (χ1v) is 8.40. The summed E-state index contributed by atoms with van der Waals surface area (Å²) in [5.74, 6) is 0.493. The third-order valence-electron chi connectivity index (χ3n) is 4.32. The summed E-state index contributed by atoms with van der Waals surface area (Å²) in [5.41, 5.74) is 4.32. The number of carbonyl (C=O) groups excluding carboxylic acids is 1. The lowest BCUT2D eigenvalue weighted by molar-refractivity contribution is 0.217. The highest BCUT2D eigenvalue weighted by Gasteiger charge is 2.18. The number of anilines is 1. The molecule has 0 atom stereocenters. The molecule has 2 aromatic rings. The lowest BCUT2D eigenvalue weighted by atomic mass is 10.0. The van der Waals surface area contributed by atoms with Crippen LogP contribution in [0.2, 0.25) is 0 Å². The van der Waals surface area contributed by atoms with Gasteiger partial charge in [0, 0.05) is 25.0 Å². The summed E-state index contributed by atoms with van der Waals surface area (Å²) in [6, 6.07) is 13.9. The molecule has 124 valence electrons. The minimum atomic E-state index is -0.0522. The van der Waals surface area contributed by atoms with Crippen molar-refractivity contribution >= 4 is 17.3 Å². The third kappa shape index (κ3) is 3.82. The van der Waals surface area contributed by atoms with Crippen molar-refractivity contribution in [3.05, 3.63) is 66.0 Å². The van der Waals surface area contributed by atoms with Gasteiger partial charge in [-0.1, -0.05) is 38.1 Å². The van der Waals surface area contributed by atoms with Crippen LogP contribution in [0.3, 0.4) is 0 Å². The molecule has 4 nitrogen and oxygen atoms in total. The van der Waals surface area contributed by atoms with Crippen LogP contribution in [-0.4, -0.2) is 29.0 Å².